The lowest BCUT2D eigenvalue weighted by molar-refractivity contribution is 0.587. The van der Waals surface area contributed by atoms with Gasteiger partial charge in [-0.2, -0.15) is 0 Å². The minimum absolute atomic E-state index is 0.0848. The van der Waals surface area contributed by atoms with Crippen LogP contribution in [0.1, 0.15) is 32.3 Å². The number of nitrogens with one attached hydrogen (secondary N) is 1. The molecule has 1 aromatic rings. The van der Waals surface area contributed by atoms with Gasteiger partial charge in [0.15, 0.2) is 0 Å². The molecule has 0 aliphatic carbocycles. The molecule has 4 heteroatoms. The molecule has 4 nitrogen and oxygen atoms in total. The van der Waals surface area contributed by atoms with Crippen LogP contribution in [0.5, 0.6) is 0 Å². The standard InChI is InChI=1S/C12H20N4/c1-4-10(5-2)16(3)11-8-9(12(13)14)6-7-15-11/h6-8,10H,4-5H2,1-3H3,(H3,13,14). The third kappa shape index (κ3) is 2.72. The van der Waals surface area contributed by atoms with Crippen LogP contribution in [-0.2, 0) is 0 Å². The smallest absolute Gasteiger partial charge is 0.129 e. The molecule has 0 spiro atoms. The third-order valence-corrected chi connectivity index (χ3v) is 2.91. The number of hydrogen-bond acceptors (Lipinski definition) is 3. The van der Waals surface area contributed by atoms with Crippen LogP contribution < -0.4 is 10.6 Å². The van der Waals surface area contributed by atoms with Gasteiger partial charge in [-0.25, -0.2) is 4.98 Å². The van der Waals surface area contributed by atoms with Crippen LogP contribution >= 0.6 is 0 Å². The van der Waals surface area contributed by atoms with Crippen LogP contribution in [0.3, 0.4) is 0 Å². The molecule has 3 N–H and O–H groups in total. The SMILES string of the molecule is CCC(CC)N(C)c1cc(C(=N)N)ccn1. The molecule has 0 radical (unpaired) electrons. The van der Waals surface area contributed by atoms with Crippen molar-refractivity contribution in [3.8, 4) is 0 Å². The predicted molar refractivity (Wildman–Crippen MR) is 68.0 cm³/mol. The quantitative estimate of drug-likeness (QED) is 0.589. The summed E-state index contributed by atoms with van der Waals surface area (Å²) in [6.07, 6.45) is 3.86. The van der Waals surface area contributed by atoms with E-state index in [0.717, 1.165) is 24.2 Å². The summed E-state index contributed by atoms with van der Waals surface area (Å²) in [5.74, 6) is 0.961. The van der Waals surface area contributed by atoms with Gasteiger partial charge in [0.25, 0.3) is 0 Å². The van der Waals surface area contributed by atoms with Crippen LogP contribution in [0.2, 0.25) is 0 Å². The highest BCUT2D eigenvalue weighted by Gasteiger charge is 2.12. The lowest BCUT2D eigenvalue weighted by Gasteiger charge is -2.27. The molecule has 0 aliphatic heterocycles. The van der Waals surface area contributed by atoms with E-state index >= 15 is 0 Å². The van der Waals surface area contributed by atoms with Crippen molar-refractivity contribution < 1.29 is 0 Å². The van der Waals surface area contributed by atoms with Crippen molar-refractivity contribution in [2.75, 3.05) is 11.9 Å². The summed E-state index contributed by atoms with van der Waals surface area (Å²) < 4.78 is 0. The number of nitrogens with two attached hydrogens (primary N) is 1. The van der Waals surface area contributed by atoms with Gasteiger partial charge in [-0.15, -0.1) is 0 Å². The molecular formula is C12H20N4. The molecule has 0 saturated carbocycles. The summed E-state index contributed by atoms with van der Waals surface area (Å²) >= 11 is 0. The largest absolute Gasteiger partial charge is 0.384 e. The van der Waals surface area contributed by atoms with Crippen molar-refractivity contribution >= 4 is 11.7 Å². The zero-order valence-electron chi connectivity index (χ0n) is 10.2. The molecule has 1 aromatic heterocycles. The lowest BCUT2D eigenvalue weighted by atomic mass is 10.1. The van der Waals surface area contributed by atoms with Gasteiger partial charge in [-0.1, -0.05) is 13.8 Å². The minimum atomic E-state index is 0.0848. The topological polar surface area (TPSA) is 66.0 Å². The minimum Gasteiger partial charge on any atom is -0.384 e. The zero-order chi connectivity index (χ0) is 12.1. The van der Waals surface area contributed by atoms with E-state index in [9.17, 15) is 0 Å². The van der Waals surface area contributed by atoms with E-state index in [1.807, 2.05) is 13.1 Å². The molecule has 1 rings (SSSR count). The summed E-state index contributed by atoms with van der Waals surface area (Å²) in [5.41, 5.74) is 6.19. The molecule has 1 heterocycles. The second-order valence-electron chi connectivity index (χ2n) is 3.90. The maximum absolute atomic E-state index is 7.40. The predicted octanol–water partition coefficient (Wildman–Crippen LogP) is 1.99. The van der Waals surface area contributed by atoms with Gasteiger partial charge in [-0.3, -0.25) is 5.41 Å². The molecule has 0 atom stereocenters. The molecule has 0 aromatic carbocycles. The van der Waals surface area contributed by atoms with E-state index in [1.54, 1.807) is 12.3 Å². The van der Waals surface area contributed by atoms with Crippen LogP contribution in [0, 0.1) is 5.41 Å². The van der Waals surface area contributed by atoms with Gasteiger partial charge in [0.2, 0.25) is 0 Å². The molecular weight excluding hydrogens is 200 g/mol. The number of aromatic nitrogens is 1. The summed E-state index contributed by atoms with van der Waals surface area (Å²) in [7, 11) is 2.03. The first-order chi connectivity index (χ1) is 7.60. The fraction of sp³-hybridized carbons (Fsp3) is 0.500. The average molecular weight is 220 g/mol. The van der Waals surface area contributed by atoms with Crippen LogP contribution in [-0.4, -0.2) is 23.9 Å². The van der Waals surface area contributed by atoms with Crippen molar-refractivity contribution in [3.63, 3.8) is 0 Å². The number of nitrogen functional groups attached to an aromatic ring is 1. The molecule has 0 aliphatic rings. The van der Waals surface area contributed by atoms with Crippen LogP contribution in [0.4, 0.5) is 5.82 Å². The Balaban J connectivity index is 2.94. The van der Waals surface area contributed by atoms with Gasteiger partial charge >= 0.3 is 0 Å². The Kier molecular flexibility index (Phi) is 4.28. The number of anilines is 1. The Morgan fingerprint density at radius 1 is 1.50 bits per heavy atom. The monoisotopic (exact) mass is 220 g/mol. The maximum Gasteiger partial charge on any atom is 0.129 e. The number of amidine groups is 1. The molecule has 88 valence electrons. The Morgan fingerprint density at radius 2 is 2.12 bits per heavy atom. The van der Waals surface area contributed by atoms with Crippen LogP contribution in [0.15, 0.2) is 18.3 Å². The van der Waals surface area contributed by atoms with E-state index in [-0.39, 0.29) is 5.84 Å². The Labute approximate surface area is 97.0 Å². The number of rotatable bonds is 5. The van der Waals surface area contributed by atoms with Crippen molar-refractivity contribution in [2.45, 2.75) is 32.7 Å². The summed E-state index contributed by atoms with van der Waals surface area (Å²) in [6, 6.07) is 4.10. The van der Waals surface area contributed by atoms with Crippen molar-refractivity contribution in [3.05, 3.63) is 23.9 Å². The maximum atomic E-state index is 7.40. The average Bonchev–Trinajstić information content (AvgIpc) is 2.30. The first kappa shape index (κ1) is 12.5. The number of hydrogen-bond donors (Lipinski definition) is 2. The summed E-state index contributed by atoms with van der Waals surface area (Å²) in [4.78, 5) is 6.46. The summed E-state index contributed by atoms with van der Waals surface area (Å²) in [5, 5.41) is 7.40. The van der Waals surface area contributed by atoms with Crippen molar-refractivity contribution in [1.82, 2.24) is 4.98 Å². The second kappa shape index (κ2) is 5.49. The van der Waals surface area contributed by atoms with E-state index in [0.29, 0.717) is 6.04 Å². The summed E-state index contributed by atoms with van der Waals surface area (Å²) in [6.45, 7) is 4.33. The van der Waals surface area contributed by atoms with E-state index in [4.69, 9.17) is 11.1 Å². The molecule has 0 saturated heterocycles. The Morgan fingerprint density at radius 3 is 2.62 bits per heavy atom. The van der Waals surface area contributed by atoms with Gasteiger partial charge in [0.1, 0.15) is 11.7 Å². The zero-order valence-corrected chi connectivity index (χ0v) is 10.2. The van der Waals surface area contributed by atoms with Crippen molar-refractivity contribution in [2.24, 2.45) is 5.73 Å². The van der Waals surface area contributed by atoms with E-state index < -0.39 is 0 Å². The fourth-order valence-electron chi connectivity index (χ4n) is 1.80. The highest BCUT2D eigenvalue weighted by atomic mass is 15.2. The Hall–Kier alpha value is -1.58. The normalized spacial score (nSPS) is 10.5. The Bertz CT molecular complexity index is 358. The van der Waals surface area contributed by atoms with Gasteiger partial charge < -0.3 is 10.6 Å². The lowest BCUT2D eigenvalue weighted by Crippen LogP contribution is -2.31. The number of pyridine rings is 1. The highest BCUT2D eigenvalue weighted by Crippen LogP contribution is 2.16. The van der Waals surface area contributed by atoms with Gasteiger partial charge in [0, 0.05) is 24.8 Å². The van der Waals surface area contributed by atoms with E-state index in [2.05, 4.69) is 23.7 Å². The third-order valence-electron chi connectivity index (χ3n) is 2.91. The van der Waals surface area contributed by atoms with Gasteiger partial charge in [-0.05, 0) is 25.0 Å². The van der Waals surface area contributed by atoms with Crippen molar-refractivity contribution in [1.29, 1.82) is 5.41 Å². The molecule has 0 unspecified atom stereocenters. The van der Waals surface area contributed by atoms with Gasteiger partial charge in [0.05, 0.1) is 0 Å². The first-order valence-corrected chi connectivity index (χ1v) is 5.63. The molecule has 0 fully saturated rings. The highest BCUT2D eigenvalue weighted by molar-refractivity contribution is 5.95. The second-order valence-corrected chi connectivity index (χ2v) is 3.90. The fourth-order valence-corrected chi connectivity index (χ4v) is 1.80. The molecule has 0 amide bonds. The molecule has 0 bridgehead atoms. The van der Waals surface area contributed by atoms with Crippen LogP contribution in [0.25, 0.3) is 0 Å². The van der Waals surface area contributed by atoms with E-state index in [1.165, 1.54) is 0 Å². The number of nitrogens with zero attached hydrogens (tertiary/aromatic N) is 2. The molecule has 16 heavy (non-hydrogen) atoms. The first-order valence-electron chi connectivity index (χ1n) is 5.63.